The van der Waals surface area contributed by atoms with Crippen molar-refractivity contribution < 1.29 is 0 Å². The van der Waals surface area contributed by atoms with Crippen molar-refractivity contribution in [2.75, 3.05) is 72.0 Å². The second-order valence-electron chi connectivity index (χ2n) is 18.6. The molecule has 0 aliphatic rings. The van der Waals surface area contributed by atoms with E-state index >= 15 is 0 Å². The molecular formula is C64H86N4. The van der Waals surface area contributed by atoms with Crippen LogP contribution in [0.3, 0.4) is 0 Å². The number of rotatable bonds is 21. The van der Waals surface area contributed by atoms with Gasteiger partial charge in [0.15, 0.2) is 0 Å². The highest BCUT2D eigenvalue weighted by atomic mass is 15.1. The molecule has 0 aromatic heterocycles. The van der Waals surface area contributed by atoms with Crippen LogP contribution in [0.4, 0.5) is 22.7 Å². The molecule has 0 aliphatic heterocycles. The van der Waals surface area contributed by atoms with E-state index in [0.717, 1.165) is 64.3 Å². The Hall–Kier alpha value is -5.74. The van der Waals surface area contributed by atoms with Crippen molar-refractivity contribution in [2.45, 2.75) is 121 Å². The third kappa shape index (κ3) is 12.5. The van der Waals surface area contributed by atoms with Crippen LogP contribution < -0.4 is 19.6 Å². The smallest absolute Gasteiger partial charge is 0.0368 e. The highest BCUT2D eigenvalue weighted by Crippen LogP contribution is 2.41. The molecule has 0 saturated heterocycles. The van der Waals surface area contributed by atoms with Crippen molar-refractivity contribution in [3.63, 3.8) is 0 Å². The number of hydrogen-bond donors (Lipinski definition) is 0. The molecule has 0 heterocycles. The lowest BCUT2D eigenvalue weighted by Gasteiger charge is -2.28. The van der Waals surface area contributed by atoms with Gasteiger partial charge in [0.1, 0.15) is 0 Å². The maximum absolute atomic E-state index is 4.00. The van der Waals surface area contributed by atoms with Gasteiger partial charge in [-0.3, -0.25) is 0 Å². The van der Waals surface area contributed by atoms with Crippen LogP contribution in [0.2, 0.25) is 0 Å². The molecule has 1 atom stereocenters. The van der Waals surface area contributed by atoms with E-state index in [2.05, 4.69) is 244 Å². The molecule has 0 saturated carbocycles. The van der Waals surface area contributed by atoms with Crippen LogP contribution in [0.15, 0.2) is 128 Å². The average Bonchev–Trinajstić information content (AvgIpc) is 3.35. The van der Waals surface area contributed by atoms with Gasteiger partial charge >= 0.3 is 0 Å². The minimum absolute atomic E-state index is 0.182. The van der Waals surface area contributed by atoms with Crippen LogP contribution in [0.1, 0.15) is 160 Å². The summed E-state index contributed by atoms with van der Waals surface area (Å²) in [6.07, 6.45) is 3.09. The molecule has 4 heteroatoms. The maximum Gasteiger partial charge on any atom is 0.0368 e. The first-order valence-corrected chi connectivity index (χ1v) is 26.1. The van der Waals surface area contributed by atoms with E-state index in [4.69, 9.17) is 0 Å². The van der Waals surface area contributed by atoms with Gasteiger partial charge in [0.05, 0.1) is 0 Å². The van der Waals surface area contributed by atoms with E-state index < -0.39 is 0 Å². The molecule has 6 aromatic rings. The molecule has 362 valence electrons. The van der Waals surface area contributed by atoms with Crippen molar-refractivity contribution >= 4 is 28.8 Å². The van der Waals surface area contributed by atoms with E-state index in [0.29, 0.717) is 5.92 Å². The summed E-state index contributed by atoms with van der Waals surface area (Å²) in [6, 6.07) is 46.3. The standard InChI is InChI=1S/C33H46N2.C31H40N2/c1-9-24(6)27-15-14-16-28(23-27)33(31-19-17-29(21-25(31)7)34(10-2)11-3)32-20-18-30(22-26(32)8)35(12-4)13-5;1-8-25-14-13-15-26(22-25)31(29-18-16-27(20-23(29)6)32(9-2)10-3)30-19-17-28(21-24(30)7)33(11-4)12-5/h14-24,33H,9-13H2,1-8H3;8,13-22,31H,1,9-12H2,2-7H3. The maximum atomic E-state index is 4.00. The summed E-state index contributed by atoms with van der Waals surface area (Å²) in [5.74, 6) is 0.963. The topological polar surface area (TPSA) is 13.0 Å². The lowest BCUT2D eigenvalue weighted by Crippen LogP contribution is -2.22. The normalized spacial score (nSPS) is 11.6. The largest absolute Gasteiger partial charge is 0.372 e. The fourth-order valence-corrected chi connectivity index (χ4v) is 10.3. The van der Waals surface area contributed by atoms with Crippen molar-refractivity contribution in [1.82, 2.24) is 0 Å². The van der Waals surface area contributed by atoms with E-state index in [1.54, 1.807) is 0 Å². The van der Waals surface area contributed by atoms with Crippen LogP contribution in [0.25, 0.3) is 6.08 Å². The second-order valence-corrected chi connectivity index (χ2v) is 18.6. The van der Waals surface area contributed by atoms with Gasteiger partial charge in [0, 0.05) is 86.9 Å². The van der Waals surface area contributed by atoms with Gasteiger partial charge in [-0.25, -0.2) is 0 Å². The molecule has 4 nitrogen and oxygen atoms in total. The number of hydrogen-bond acceptors (Lipinski definition) is 4. The fraction of sp³-hybridized carbons (Fsp3) is 0.406. The van der Waals surface area contributed by atoms with Crippen LogP contribution >= 0.6 is 0 Å². The Labute approximate surface area is 414 Å². The number of anilines is 4. The zero-order chi connectivity index (χ0) is 49.5. The molecule has 0 fully saturated rings. The van der Waals surface area contributed by atoms with Crippen LogP contribution in [-0.4, -0.2) is 52.4 Å². The van der Waals surface area contributed by atoms with Gasteiger partial charge in [-0.1, -0.05) is 99.3 Å². The van der Waals surface area contributed by atoms with Crippen molar-refractivity contribution in [3.05, 3.63) is 195 Å². The predicted octanol–water partition coefficient (Wildman–Crippen LogP) is 16.5. The number of aryl methyl sites for hydroxylation is 4. The van der Waals surface area contributed by atoms with Crippen molar-refractivity contribution in [1.29, 1.82) is 0 Å². The first-order chi connectivity index (χ1) is 32.8. The second kappa shape index (κ2) is 25.6. The van der Waals surface area contributed by atoms with Gasteiger partial charge in [0.2, 0.25) is 0 Å². The minimum atomic E-state index is 0.182. The molecule has 0 N–H and O–H groups in total. The monoisotopic (exact) mass is 911 g/mol. The average molecular weight is 911 g/mol. The molecule has 68 heavy (non-hydrogen) atoms. The third-order valence-electron chi connectivity index (χ3n) is 14.7. The van der Waals surface area contributed by atoms with Crippen LogP contribution in [-0.2, 0) is 0 Å². The molecule has 0 spiro atoms. The summed E-state index contributed by atoms with van der Waals surface area (Å²) in [7, 11) is 0. The lowest BCUT2D eigenvalue weighted by atomic mass is 9.80. The Balaban J connectivity index is 0.000000255. The molecule has 1 unspecified atom stereocenters. The van der Waals surface area contributed by atoms with Crippen molar-refractivity contribution in [3.8, 4) is 0 Å². The molecule has 0 amide bonds. The first kappa shape index (κ1) is 53.2. The van der Waals surface area contributed by atoms with Gasteiger partial charge in [-0.2, -0.15) is 0 Å². The van der Waals surface area contributed by atoms with Gasteiger partial charge in [-0.15, -0.1) is 0 Å². The number of benzene rings is 6. The minimum Gasteiger partial charge on any atom is -0.372 e. The third-order valence-corrected chi connectivity index (χ3v) is 14.7. The van der Waals surface area contributed by atoms with Crippen LogP contribution in [0.5, 0.6) is 0 Å². The van der Waals surface area contributed by atoms with Gasteiger partial charge in [-0.05, 0) is 211 Å². The summed E-state index contributed by atoms with van der Waals surface area (Å²) in [4.78, 5) is 9.68. The summed E-state index contributed by atoms with van der Waals surface area (Å²) in [5, 5.41) is 0. The Morgan fingerprint density at radius 2 is 0.676 bits per heavy atom. The SMILES string of the molecule is C=Cc1cccc(C(c2ccc(N(CC)CC)cc2C)c2ccc(N(CC)CC)cc2C)c1.CCC(C)c1cccc(C(c2ccc(N(CC)CC)cc2C)c2ccc(N(CC)CC)cc2C)c1. The summed E-state index contributed by atoms with van der Waals surface area (Å²) >= 11 is 0. The molecule has 6 rings (SSSR count). The summed E-state index contributed by atoms with van der Waals surface area (Å²) in [6.45, 7) is 43.7. The van der Waals surface area contributed by atoms with Gasteiger partial charge in [0.25, 0.3) is 0 Å². The quantitative estimate of drug-likeness (QED) is 0.0667. The molecule has 0 aliphatic carbocycles. The highest BCUT2D eigenvalue weighted by Gasteiger charge is 2.24. The Morgan fingerprint density at radius 1 is 0.382 bits per heavy atom. The Morgan fingerprint density at radius 3 is 0.956 bits per heavy atom. The molecule has 6 aromatic carbocycles. The van der Waals surface area contributed by atoms with E-state index in [1.807, 2.05) is 6.08 Å². The zero-order valence-electron chi connectivity index (χ0n) is 44.7. The Bertz CT molecular complexity index is 2390. The number of nitrogens with zero attached hydrogens (tertiary/aromatic N) is 4. The van der Waals surface area contributed by atoms with Crippen molar-refractivity contribution in [2.24, 2.45) is 0 Å². The summed E-state index contributed by atoms with van der Waals surface area (Å²) in [5.41, 5.74) is 21.5. The lowest BCUT2D eigenvalue weighted by molar-refractivity contribution is 0.731. The predicted molar refractivity (Wildman–Crippen MR) is 303 cm³/mol. The van der Waals surface area contributed by atoms with E-state index in [-0.39, 0.29) is 11.8 Å². The zero-order valence-corrected chi connectivity index (χ0v) is 44.7. The summed E-state index contributed by atoms with van der Waals surface area (Å²) < 4.78 is 0. The Kier molecular flexibility index (Phi) is 20.0. The van der Waals surface area contributed by atoms with E-state index in [1.165, 1.54) is 83.9 Å². The molecule has 0 bridgehead atoms. The fourth-order valence-electron chi connectivity index (χ4n) is 10.3. The molecular weight excluding hydrogens is 825 g/mol. The van der Waals surface area contributed by atoms with Gasteiger partial charge < -0.3 is 19.6 Å². The van der Waals surface area contributed by atoms with Crippen LogP contribution in [0, 0.1) is 27.7 Å². The van der Waals surface area contributed by atoms with E-state index in [9.17, 15) is 0 Å². The first-order valence-electron chi connectivity index (χ1n) is 26.1. The molecule has 0 radical (unpaired) electrons. The highest BCUT2D eigenvalue weighted by molar-refractivity contribution is 5.62.